The van der Waals surface area contributed by atoms with Gasteiger partial charge in [-0.3, -0.25) is 4.98 Å². The summed E-state index contributed by atoms with van der Waals surface area (Å²) in [6.45, 7) is 8.31. The SMILES string of the molecule is CC1(C)OB(c2ccc(C3=CC4CCCC(C3)N4)nc2)OC1(C)C. The summed E-state index contributed by atoms with van der Waals surface area (Å²) in [6.07, 6.45) is 9.22. The van der Waals surface area contributed by atoms with E-state index in [1.54, 1.807) is 0 Å². The van der Waals surface area contributed by atoms with Crippen molar-refractivity contribution in [3.63, 3.8) is 0 Å². The maximum atomic E-state index is 6.11. The molecular weight excluding hydrogens is 299 g/mol. The molecule has 1 aromatic heterocycles. The molecule has 1 N–H and O–H groups in total. The molecule has 0 aliphatic carbocycles. The summed E-state index contributed by atoms with van der Waals surface area (Å²) >= 11 is 0. The van der Waals surface area contributed by atoms with Crippen LogP contribution in [-0.2, 0) is 9.31 Å². The van der Waals surface area contributed by atoms with Gasteiger partial charge in [0.1, 0.15) is 0 Å². The normalized spacial score (nSPS) is 31.0. The Morgan fingerprint density at radius 3 is 2.50 bits per heavy atom. The molecule has 5 heteroatoms. The van der Waals surface area contributed by atoms with E-state index in [1.807, 2.05) is 6.20 Å². The molecule has 4 nitrogen and oxygen atoms in total. The van der Waals surface area contributed by atoms with E-state index in [1.165, 1.54) is 24.8 Å². The second-order valence-electron chi connectivity index (χ2n) is 8.36. The summed E-state index contributed by atoms with van der Waals surface area (Å²) in [6, 6.07) is 5.36. The Morgan fingerprint density at radius 2 is 1.88 bits per heavy atom. The van der Waals surface area contributed by atoms with Gasteiger partial charge in [-0.05, 0) is 58.6 Å². The van der Waals surface area contributed by atoms with Crippen molar-refractivity contribution in [3.8, 4) is 0 Å². The lowest BCUT2D eigenvalue weighted by Crippen LogP contribution is -2.44. The van der Waals surface area contributed by atoms with Crippen molar-refractivity contribution < 1.29 is 9.31 Å². The fourth-order valence-corrected chi connectivity index (χ4v) is 3.83. The highest BCUT2D eigenvalue weighted by molar-refractivity contribution is 6.62. The number of rotatable bonds is 2. The molecule has 4 rings (SSSR count). The Hall–Kier alpha value is -1.17. The van der Waals surface area contributed by atoms with Gasteiger partial charge in [-0.25, -0.2) is 0 Å². The lowest BCUT2D eigenvalue weighted by atomic mass is 9.80. The molecule has 0 saturated carbocycles. The molecule has 3 aliphatic heterocycles. The maximum Gasteiger partial charge on any atom is 0.496 e. The number of nitrogens with zero attached hydrogens (tertiary/aromatic N) is 1. The molecule has 2 atom stereocenters. The van der Waals surface area contributed by atoms with E-state index in [0.29, 0.717) is 12.1 Å². The van der Waals surface area contributed by atoms with Crippen LogP contribution in [0.25, 0.3) is 5.57 Å². The van der Waals surface area contributed by atoms with Crippen LogP contribution in [0, 0.1) is 0 Å². The Bertz CT molecular complexity index is 638. The van der Waals surface area contributed by atoms with Crippen LogP contribution >= 0.6 is 0 Å². The average molecular weight is 326 g/mol. The van der Waals surface area contributed by atoms with Crippen LogP contribution in [0.5, 0.6) is 0 Å². The lowest BCUT2D eigenvalue weighted by Gasteiger charge is -2.34. The third-order valence-electron chi connectivity index (χ3n) is 6.03. The Kier molecular flexibility index (Phi) is 3.86. The van der Waals surface area contributed by atoms with Gasteiger partial charge in [0.25, 0.3) is 0 Å². The molecule has 2 bridgehead atoms. The van der Waals surface area contributed by atoms with Crippen molar-refractivity contribution in [2.75, 3.05) is 0 Å². The Labute approximate surface area is 145 Å². The van der Waals surface area contributed by atoms with Gasteiger partial charge >= 0.3 is 7.12 Å². The van der Waals surface area contributed by atoms with E-state index in [2.05, 4.69) is 51.2 Å². The number of hydrogen-bond donors (Lipinski definition) is 1. The summed E-state index contributed by atoms with van der Waals surface area (Å²) in [5, 5.41) is 3.68. The van der Waals surface area contributed by atoms with Crippen LogP contribution in [0.4, 0.5) is 0 Å². The van der Waals surface area contributed by atoms with Gasteiger partial charge in [-0.2, -0.15) is 0 Å². The number of piperidine rings is 1. The molecule has 0 spiro atoms. The van der Waals surface area contributed by atoms with Crippen molar-refractivity contribution in [2.24, 2.45) is 0 Å². The maximum absolute atomic E-state index is 6.11. The molecule has 24 heavy (non-hydrogen) atoms. The van der Waals surface area contributed by atoms with Crippen LogP contribution < -0.4 is 10.8 Å². The molecule has 0 amide bonds. The van der Waals surface area contributed by atoms with Crippen molar-refractivity contribution in [3.05, 3.63) is 30.1 Å². The van der Waals surface area contributed by atoms with Gasteiger partial charge < -0.3 is 14.6 Å². The van der Waals surface area contributed by atoms with Crippen molar-refractivity contribution in [1.29, 1.82) is 0 Å². The lowest BCUT2D eigenvalue weighted by molar-refractivity contribution is 0.00578. The highest BCUT2D eigenvalue weighted by Crippen LogP contribution is 2.36. The van der Waals surface area contributed by atoms with Gasteiger partial charge in [-0.1, -0.05) is 18.6 Å². The molecule has 2 saturated heterocycles. The molecule has 4 heterocycles. The van der Waals surface area contributed by atoms with Crippen molar-refractivity contribution >= 4 is 18.2 Å². The topological polar surface area (TPSA) is 43.4 Å². The fraction of sp³-hybridized carbons (Fsp3) is 0.632. The number of hydrogen-bond acceptors (Lipinski definition) is 4. The molecule has 0 radical (unpaired) electrons. The first kappa shape index (κ1) is 16.3. The van der Waals surface area contributed by atoms with Gasteiger partial charge in [0.2, 0.25) is 0 Å². The number of fused-ring (bicyclic) bond motifs is 2. The zero-order valence-electron chi connectivity index (χ0n) is 15.1. The molecule has 2 unspecified atom stereocenters. The minimum atomic E-state index is -0.335. The molecule has 0 aromatic carbocycles. The summed E-state index contributed by atoms with van der Waals surface area (Å²) in [5.41, 5.74) is 2.83. The van der Waals surface area contributed by atoms with Crippen molar-refractivity contribution in [1.82, 2.24) is 10.3 Å². The standard InChI is InChI=1S/C19H27BN2O2/c1-18(2)19(3,4)24-20(23-18)14-8-9-17(21-12-14)13-10-15-6-5-7-16(11-13)22-15/h8-10,12,15-16,22H,5-7,11H2,1-4H3. The predicted molar refractivity (Wildman–Crippen MR) is 97.1 cm³/mol. The second kappa shape index (κ2) is 5.68. The summed E-state index contributed by atoms with van der Waals surface area (Å²) in [7, 11) is -0.335. The summed E-state index contributed by atoms with van der Waals surface area (Å²) < 4.78 is 12.2. The van der Waals surface area contributed by atoms with E-state index < -0.39 is 0 Å². The Morgan fingerprint density at radius 1 is 1.12 bits per heavy atom. The van der Waals surface area contributed by atoms with E-state index in [9.17, 15) is 0 Å². The van der Waals surface area contributed by atoms with Crippen LogP contribution in [0.1, 0.15) is 59.1 Å². The number of nitrogens with one attached hydrogen (secondary N) is 1. The fourth-order valence-electron chi connectivity index (χ4n) is 3.83. The van der Waals surface area contributed by atoms with Crippen LogP contribution in [0.2, 0.25) is 0 Å². The number of aromatic nitrogens is 1. The minimum Gasteiger partial charge on any atom is -0.399 e. The zero-order chi connectivity index (χ0) is 16.9. The Balaban J connectivity index is 1.53. The first-order chi connectivity index (χ1) is 11.3. The molecule has 3 aliphatic rings. The molecule has 2 fully saturated rings. The molecule has 128 valence electrons. The minimum absolute atomic E-state index is 0.314. The highest BCUT2D eigenvalue weighted by Gasteiger charge is 2.51. The zero-order valence-corrected chi connectivity index (χ0v) is 15.1. The summed E-state index contributed by atoms with van der Waals surface area (Å²) in [4.78, 5) is 4.71. The molecular formula is C19H27BN2O2. The first-order valence-electron chi connectivity index (χ1n) is 9.13. The van der Waals surface area contributed by atoms with Gasteiger partial charge in [-0.15, -0.1) is 0 Å². The second-order valence-corrected chi connectivity index (χ2v) is 8.36. The monoisotopic (exact) mass is 326 g/mol. The first-order valence-corrected chi connectivity index (χ1v) is 9.13. The van der Waals surface area contributed by atoms with E-state index >= 15 is 0 Å². The largest absolute Gasteiger partial charge is 0.496 e. The van der Waals surface area contributed by atoms with Gasteiger partial charge in [0, 0.05) is 23.7 Å². The third kappa shape index (κ3) is 2.83. The smallest absolute Gasteiger partial charge is 0.399 e. The van der Waals surface area contributed by atoms with E-state index in [0.717, 1.165) is 17.6 Å². The third-order valence-corrected chi connectivity index (χ3v) is 6.03. The van der Waals surface area contributed by atoms with Gasteiger partial charge in [0.05, 0.1) is 16.9 Å². The van der Waals surface area contributed by atoms with E-state index in [-0.39, 0.29) is 18.3 Å². The molecule has 1 aromatic rings. The van der Waals surface area contributed by atoms with Crippen LogP contribution in [-0.4, -0.2) is 35.4 Å². The van der Waals surface area contributed by atoms with Crippen LogP contribution in [0.15, 0.2) is 24.4 Å². The van der Waals surface area contributed by atoms with E-state index in [4.69, 9.17) is 14.3 Å². The number of pyridine rings is 1. The van der Waals surface area contributed by atoms with Crippen LogP contribution in [0.3, 0.4) is 0 Å². The van der Waals surface area contributed by atoms with Gasteiger partial charge in [0.15, 0.2) is 0 Å². The average Bonchev–Trinajstić information content (AvgIpc) is 2.75. The van der Waals surface area contributed by atoms with Crippen molar-refractivity contribution in [2.45, 2.75) is 76.7 Å². The summed E-state index contributed by atoms with van der Waals surface area (Å²) in [5.74, 6) is 0. The quantitative estimate of drug-likeness (QED) is 0.849. The highest BCUT2D eigenvalue weighted by atomic mass is 16.7. The predicted octanol–water partition coefficient (Wildman–Crippen LogP) is 2.68.